The Morgan fingerprint density at radius 3 is 2.40 bits per heavy atom. The van der Waals surface area contributed by atoms with Crippen molar-refractivity contribution < 1.29 is 18.0 Å². The third kappa shape index (κ3) is 4.68. The fourth-order valence-electron chi connectivity index (χ4n) is 4.00. The van der Waals surface area contributed by atoms with E-state index in [2.05, 4.69) is 5.32 Å². The van der Waals surface area contributed by atoms with Crippen molar-refractivity contribution in [1.29, 1.82) is 0 Å². The van der Waals surface area contributed by atoms with E-state index in [9.17, 15) is 18.0 Å². The van der Waals surface area contributed by atoms with Crippen molar-refractivity contribution in [3.63, 3.8) is 0 Å². The van der Waals surface area contributed by atoms with Crippen LogP contribution in [0.25, 0.3) is 0 Å². The number of nitrogens with zero attached hydrogens (tertiary/aromatic N) is 2. The largest absolute Gasteiger partial charge is 0.354 e. The highest BCUT2D eigenvalue weighted by Gasteiger charge is 2.40. The summed E-state index contributed by atoms with van der Waals surface area (Å²) >= 11 is 1.60. The predicted molar refractivity (Wildman–Crippen MR) is 116 cm³/mol. The molecule has 1 saturated carbocycles. The van der Waals surface area contributed by atoms with Crippen molar-refractivity contribution in [2.45, 2.75) is 43.5 Å². The van der Waals surface area contributed by atoms with Gasteiger partial charge in [0, 0.05) is 31.3 Å². The summed E-state index contributed by atoms with van der Waals surface area (Å²) in [6, 6.07) is 6.45. The van der Waals surface area contributed by atoms with Gasteiger partial charge in [-0.3, -0.25) is 9.59 Å². The van der Waals surface area contributed by atoms with Gasteiger partial charge < -0.3 is 10.2 Å². The van der Waals surface area contributed by atoms with E-state index in [0.717, 1.165) is 5.56 Å². The molecule has 1 atom stereocenters. The van der Waals surface area contributed by atoms with Gasteiger partial charge in [-0.25, -0.2) is 8.42 Å². The topological polar surface area (TPSA) is 86.8 Å². The van der Waals surface area contributed by atoms with Gasteiger partial charge in [0.15, 0.2) is 0 Å². The first-order valence-electron chi connectivity index (χ1n) is 10.6. The fraction of sp³-hybridized carbons (Fsp3) is 0.619. The Hall–Kier alpha value is -1.58. The standard InChI is InChI=1S/C21H29N3O4S2/c1-15-2-6-18(7-3-15)30(27,28)23-10-8-17(9-11-23)21(26)24-14-29-13-19(24)20(25)22-12-16-4-5-16/h2-3,6-7,16-17,19H,4-5,8-14H2,1H3,(H,22,25). The Kier molecular flexibility index (Phi) is 6.41. The molecule has 1 unspecified atom stereocenters. The first-order valence-corrected chi connectivity index (χ1v) is 13.2. The van der Waals surface area contributed by atoms with Gasteiger partial charge >= 0.3 is 0 Å². The maximum atomic E-state index is 13.1. The fourth-order valence-corrected chi connectivity index (χ4v) is 6.63. The van der Waals surface area contributed by atoms with Gasteiger partial charge in [-0.05, 0) is 50.7 Å². The molecule has 30 heavy (non-hydrogen) atoms. The molecule has 9 heteroatoms. The van der Waals surface area contributed by atoms with Crippen LogP contribution in [0.4, 0.5) is 0 Å². The molecule has 2 amide bonds. The number of hydrogen-bond donors (Lipinski definition) is 1. The number of nitrogens with one attached hydrogen (secondary N) is 1. The zero-order valence-electron chi connectivity index (χ0n) is 17.2. The minimum absolute atomic E-state index is 0.0149. The number of amides is 2. The monoisotopic (exact) mass is 451 g/mol. The molecular weight excluding hydrogens is 422 g/mol. The second kappa shape index (κ2) is 8.88. The molecule has 0 spiro atoms. The van der Waals surface area contributed by atoms with E-state index in [1.165, 1.54) is 17.1 Å². The van der Waals surface area contributed by atoms with Crippen LogP contribution in [-0.2, 0) is 19.6 Å². The van der Waals surface area contributed by atoms with Crippen molar-refractivity contribution in [1.82, 2.24) is 14.5 Å². The number of rotatable bonds is 6. The Morgan fingerprint density at radius 2 is 1.77 bits per heavy atom. The molecule has 3 fully saturated rings. The molecule has 0 bridgehead atoms. The van der Waals surface area contributed by atoms with Crippen molar-refractivity contribution in [3.05, 3.63) is 29.8 Å². The highest BCUT2D eigenvalue weighted by atomic mass is 32.2. The number of aryl methyl sites for hydroxylation is 1. The van der Waals surface area contributed by atoms with Crippen LogP contribution in [0.3, 0.4) is 0 Å². The summed E-state index contributed by atoms with van der Waals surface area (Å²) < 4.78 is 27.2. The molecule has 1 aromatic rings. The number of benzene rings is 1. The smallest absolute Gasteiger partial charge is 0.243 e. The summed E-state index contributed by atoms with van der Waals surface area (Å²) in [4.78, 5) is 27.6. The second-order valence-electron chi connectivity index (χ2n) is 8.50. The number of piperidine rings is 1. The summed E-state index contributed by atoms with van der Waals surface area (Å²) in [6.07, 6.45) is 3.32. The van der Waals surface area contributed by atoms with Crippen LogP contribution in [0.1, 0.15) is 31.2 Å². The first-order chi connectivity index (χ1) is 14.4. The van der Waals surface area contributed by atoms with Crippen molar-refractivity contribution in [3.8, 4) is 0 Å². The minimum atomic E-state index is -3.54. The molecule has 2 saturated heterocycles. The first kappa shape index (κ1) is 21.6. The average molecular weight is 452 g/mol. The minimum Gasteiger partial charge on any atom is -0.354 e. The number of carbonyl (C=O) groups excluding carboxylic acids is 2. The second-order valence-corrected chi connectivity index (χ2v) is 11.4. The van der Waals surface area contributed by atoms with E-state index < -0.39 is 16.1 Å². The lowest BCUT2D eigenvalue weighted by Crippen LogP contribution is -2.51. The Labute approximate surface area is 182 Å². The van der Waals surface area contributed by atoms with Crippen LogP contribution in [-0.4, -0.2) is 66.7 Å². The van der Waals surface area contributed by atoms with E-state index in [1.807, 2.05) is 6.92 Å². The van der Waals surface area contributed by atoms with Gasteiger partial charge in [0.1, 0.15) is 6.04 Å². The van der Waals surface area contributed by atoms with Crippen LogP contribution in [0.5, 0.6) is 0 Å². The Morgan fingerprint density at radius 1 is 1.10 bits per heavy atom. The third-order valence-corrected chi connectivity index (χ3v) is 9.12. The molecule has 0 aromatic heterocycles. The van der Waals surface area contributed by atoms with E-state index in [4.69, 9.17) is 0 Å². The zero-order valence-corrected chi connectivity index (χ0v) is 18.9. The van der Waals surface area contributed by atoms with Gasteiger partial charge in [0.2, 0.25) is 21.8 Å². The van der Waals surface area contributed by atoms with Gasteiger partial charge in [-0.15, -0.1) is 11.8 Å². The molecule has 7 nitrogen and oxygen atoms in total. The van der Waals surface area contributed by atoms with Crippen molar-refractivity contribution >= 4 is 33.6 Å². The van der Waals surface area contributed by atoms with E-state index >= 15 is 0 Å². The van der Waals surface area contributed by atoms with Crippen LogP contribution < -0.4 is 5.32 Å². The SMILES string of the molecule is Cc1ccc(S(=O)(=O)N2CCC(C(=O)N3CSCC3C(=O)NCC3CC3)CC2)cc1. The lowest BCUT2D eigenvalue weighted by molar-refractivity contribution is -0.142. The highest BCUT2D eigenvalue weighted by Crippen LogP contribution is 2.30. The lowest BCUT2D eigenvalue weighted by Gasteiger charge is -2.33. The number of thioether (sulfide) groups is 1. The van der Waals surface area contributed by atoms with Crippen molar-refractivity contribution in [2.75, 3.05) is 31.3 Å². The zero-order chi connectivity index (χ0) is 21.3. The summed E-state index contributed by atoms with van der Waals surface area (Å²) in [5.41, 5.74) is 1.01. The molecule has 4 rings (SSSR count). The maximum absolute atomic E-state index is 13.1. The van der Waals surface area contributed by atoms with Crippen LogP contribution in [0.2, 0.25) is 0 Å². The number of sulfonamides is 1. The molecule has 1 aliphatic carbocycles. The van der Waals surface area contributed by atoms with Crippen molar-refractivity contribution in [2.24, 2.45) is 11.8 Å². The summed E-state index contributed by atoms with van der Waals surface area (Å²) in [5.74, 6) is 1.46. The normalized spacial score (nSPS) is 23.5. The Bertz CT molecular complexity index is 891. The van der Waals surface area contributed by atoms with Gasteiger partial charge in [-0.2, -0.15) is 4.31 Å². The predicted octanol–water partition coefficient (Wildman–Crippen LogP) is 1.82. The van der Waals surface area contributed by atoms with Crippen LogP contribution in [0, 0.1) is 18.8 Å². The summed E-state index contributed by atoms with van der Waals surface area (Å²) in [7, 11) is -3.54. The molecule has 1 N–H and O–H groups in total. The lowest BCUT2D eigenvalue weighted by atomic mass is 9.96. The number of carbonyl (C=O) groups is 2. The van der Waals surface area contributed by atoms with E-state index in [1.54, 1.807) is 40.9 Å². The molecule has 1 aromatic carbocycles. The van der Waals surface area contributed by atoms with Gasteiger partial charge in [-0.1, -0.05) is 17.7 Å². The quantitative estimate of drug-likeness (QED) is 0.713. The van der Waals surface area contributed by atoms with Gasteiger partial charge in [0.25, 0.3) is 0 Å². The van der Waals surface area contributed by atoms with Crippen LogP contribution >= 0.6 is 11.8 Å². The molecule has 3 aliphatic rings. The summed E-state index contributed by atoms with van der Waals surface area (Å²) in [6.45, 7) is 3.28. The van der Waals surface area contributed by atoms with E-state index in [-0.39, 0.29) is 17.7 Å². The highest BCUT2D eigenvalue weighted by molar-refractivity contribution is 7.99. The third-order valence-electron chi connectivity index (χ3n) is 6.19. The molecule has 2 aliphatic heterocycles. The molecule has 164 valence electrons. The maximum Gasteiger partial charge on any atom is 0.243 e. The Balaban J connectivity index is 1.34. The number of hydrogen-bond acceptors (Lipinski definition) is 5. The molecule has 2 heterocycles. The average Bonchev–Trinajstić information content (AvgIpc) is 3.45. The van der Waals surface area contributed by atoms with Gasteiger partial charge in [0.05, 0.1) is 10.8 Å². The molecular formula is C21H29N3O4S2. The van der Waals surface area contributed by atoms with E-state index in [0.29, 0.717) is 54.9 Å². The molecule has 0 radical (unpaired) electrons. The summed E-state index contributed by atoms with van der Waals surface area (Å²) in [5, 5.41) is 2.99. The van der Waals surface area contributed by atoms with Crippen LogP contribution in [0.15, 0.2) is 29.2 Å².